The van der Waals surface area contributed by atoms with Gasteiger partial charge in [-0.05, 0) is 29.8 Å². The van der Waals surface area contributed by atoms with E-state index < -0.39 is 0 Å². The smallest absolute Gasteiger partial charge is 0.253 e. The average Bonchev–Trinajstić information content (AvgIpc) is 3.31. The van der Waals surface area contributed by atoms with E-state index in [9.17, 15) is 9.59 Å². The molecule has 166 valence electrons. The van der Waals surface area contributed by atoms with Gasteiger partial charge in [-0.3, -0.25) is 9.59 Å². The second-order valence-corrected chi connectivity index (χ2v) is 7.77. The van der Waals surface area contributed by atoms with Gasteiger partial charge in [-0.15, -0.1) is 0 Å². The highest BCUT2D eigenvalue weighted by Crippen LogP contribution is 2.28. The van der Waals surface area contributed by atoms with Gasteiger partial charge in [0.1, 0.15) is 0 Å². The lowest BCUT2D eigenvalue weighted by Crippen LogP contribution is -2.24. The molecule has 3 aromatic carbocycles. The lowest BCUT2D eigenvalue weighted by atomic mass is 10.1. The molecule has 4 aromatic rings. The quantitative estimate of drug-likeness (QED) is 0.364. The van der Waals surface area contributed by atoms with E-state index >= 15 is 0 Å². The molecule has 0 fully saturated rings. The van der Waals surface area contributed by atoms with E-state index in [1.54, 1.807) is 36.5 Å². The SMILES string of the molecule is O=C(CCc1ncc(-c2ccccc2Cl)o1)Nc1ccccc1C(=O)NCc1ccccc1. The van der Waals surface area contributed by atoms with Crippen molar-refractivity contribution in [2.75, 3.05) is 5.32 Å². The van der Waals surface area contributed by atoms with Crippen molar-refractivity contribution in [1.29, 1.82) is 0 Å². The van der Waals surface area contributed by atoms with E-state index in [-0.39, 0.29) is 18.2 Å². The van der Waals surface area contributed by atoms with E-state index in [1.165, 1.54) is 0 Å². The summed E-state index contributed by atoms with van der Waals surface area (Å²) in [5.74, 6) is 0.494. The first kappa shape index (κ1) is 22.3. The second-order valence-electron chi connectivity index (χ2n) is 7.36. The molecule has 0 aliphatic heterocycles. The first-order valence-corrected chi connectivity index (χ1v) is 10.9. The average molecular weight is 460 g/mol. The molecule has 7 heteroatoms. The van der Waals surface area contributed by atoms with Crippen LogP contribution in [-0.2, 0) is 17.8 Å². The summed E-state index contributed by atoms with van der Waals surface area (Å²) in [4.78, 5) is 29.4. The van der Waals surface area contributed by atoms with Gasteiger partial charge in [0, 0.05) is 24.9 Å². The maximum absolute atomic E-state index is 12.7. The molecule has 0 radical (unpaired) electrons. The van der Waals surface area contributed by atoms with Crippen LogP contribution in [0.2, 0.25) is 5.02 Å². The van der Waals surface area contributed by atoms with Crippen LogP contribution < -0.4 is 10.6 Å². The normalized spacial score (nSPS) is 10.6. The van der Waals surface area contributed by atoms with Gasteiger partial charge >= 0.3 is 0 Å². The van der Waals surface area contributed by atoms with E-state index in [0.717, 1.165) is 11.1 Å². The third-order valence-corrected chi connectivity index (χ3v) is 5.33. The summed E-state index contributed by atoms with van der Waals surface area (Å²) in [6, 6.07) is 23.9. The molecule has 2 N–H and O–H groups in total. The highest BCUT2D eigenvalue weighted by Gasteiger charge is 2.15. The number of hydrogen-bond acceptors (Lipinski definition) is 4. The summed E-state index contributed by atoms with van der Waals surface area (Å²) >= 11 is 6.20. The third kappa shape index (κ3) is 5.87. The molecule has 1 heterocycles. The van der Waals surface area contributed by atoms with Gasteiger partial charge in [-0.25, -0.2) is 4.98 Å². The number of carbonyl (C=O) groups excluding carboxylic acids is 2. The number of para-hydroxylation sites is 1. The maximum atomic E-state index is 12.7. The maximum Gasteiger partial charge on any atom is 0.253 e. The number of anilines is 1. The van der Waals surface area contributed by atoms with Crippen molar-refractivity contribution in [2.24, 2.45) is 0 Å². The number of oxazole rings is 1. The lowest BCUT2D eigenvalue weighted by Gasteiger charge is -2.11. The lowest BCUT2D eigenvalue weighted by molar-refractivity contribution is -0.116. The number of aromatic nitrogens is 1. The van der Waals surface area contributed by atoms with Crippen LogP contribution in [0.5, 0.6) is 0 Å². The molecular formula is C26H22ClN3O3. The number of rotatable bonds is 8. The molecule has 0 aliphatic rings. The number of aryl methyl sites for hydroxylation is 1. The van der Waals surface area contributed by atoms with Crippen LogP contribution in [0.25, 0.3) is 11.3 Å². The van der Waals surface area contributed by atoms with Gasteiger partial charge in [0.05, 0.1) is 22.5 Å². The highest BCUT2D eigenvalue weighted by atomic mass is 35.5. The Morgan fingerprint density at radius 1 is 0.909 bits per heavy atom. The van der Waals surface area contributed by atoms with Crippen molar-refractivity contribution in [3.63, 3.8) is 0 Å². The van der Waals surface area contributed by atoms with E-state index in [0.29, 0.717) is 40.9 Å². The largest absolute Gasteiger partial charge is 0.441 e. The van der Waals surface area contributed by atoms with Crippen molar-refractivity contribution < 1.29 is 14.0 Å². The Bertz CT molecular complexity index is 1250. The fraction of sp³-hybridized carbons (Fsp3) is 0.115. The minimum absolute atomic E-state index is 0.155. The van der Waals surface area contributed by atoms with Crippen LogP contribution >= 0.6 is 11.6 Å². The first-order valence-electron chi connectivity index (χ1n) is 10.5. The molecule has 0 unspecified atom stereocenters. The Labute approximate surface area is 196 Å². The number of halogens is 1. The molecule has 4 rings (SSSR count). The molecule has 6 nitrogen and oxygen atoms in total. The Kier molecular flexibility index (Phi) is 7.17. The van der Waals surface area contributed by atoms with Crippen LogP contribution in [0.15, 0.2) is 89.5 Å². The summed E-state index contributed by atoms with van der Waals surface area (Å²) < 4.78 is 5.75. The zero-order chi connectivity index (χ0) is 23.0. The summed E-state index contributed by atoms with van der Waals surface area (Å²) in [5, 5.41) is 6.27. The zero-order valence-corrected chi connectivity index (χ0v) is 18.5. The summed E-state index contributed by atoms with van der Waals surface area (Å²) in [5.41, 5.74) is 2.60. The molecule has 1 aromatic heterocycles. The van der Waals surface area contributed by atoms with Crippen molar-refractivity contribution in [3.05, 3.63) is 107 Å². The predicted molar refractivity (Wildman–Crippen MR) is 128 cm³/mol. The van der Waals surface area contributed by atoms with E-state index in [1.807, 2.05) is 48.5 Å². The molecule has 0 saturated heterocycles. The fourth-order valence-corrected chi connectivity index (χ4v) is 3.54. The number of nitrogens with one attached hydrogen (secondary N) is 2. The van der Waals surface area contributed by atoms with Crippen LogP contribution in [0.3, 0.4) is 0 Å². The van der Waals surface area contributed by atoms with Crippen LogP contribution in [0.1, 0.15) is 28.2 Å². The number of carbonyl (C=O) groups is 2. The minimum atomic E-state index is -0.258. The molecule has 33 heavy (non-hydrogen) atoms. The van der Waals surface area contributed by atoms with E-state index in [4.69, 9.17) is 16.0 Å². The standard InChI is InChI=1S/C26H22ClN3O3/c27-21-12-6-4-10-19(21)23-17-28-25(33-23)15-14-24(31)30-22-13-7-5-11-20(22)26(32)29-16-18-8-2-1-3-9-18/h1-13,17H,14-16H2,(H,29,32)(H,30,31). The van der Waals surface area contributed by atoms with Gasteiger partial charge in [0.2, 0.25) is 5.91 Å². The summed E-state index contributed by atoms with van der Waals surface area (Å²) in [6.07, 6.45) is 2.07. The number of benzene rings is 3. The molecule has 2 amide bonds. The fourth-order valence-electron chi connectivity index (χ4n) is 3.31. The summed E-state index contributed by atoms with van der Waals surface area (Å²) in [7, 11) is 0. The minimum Gasteiger partial charge on any atom is -0.441 e. The molecule has 0 saturated carbocycles. The van der Waals surface area contributed by atoms with Crippen LogP contribution in [0, 0.1) is 0 Å². The monoisotopic (exact) mass is 459 g/mol. The number of hydrogen-bond donors (Lipinski definition) is 2. The van der Waals surface area contributed by atoms with Crippen molar-refractivity contribution in [2.45, 2.75) is 19.4 Å². The van der Waals surface area contributed by atoms with Crippen molar-refractivity contribution in [3.8, 4) is 11.3 Å². The van der Waals surface area contributed by atoms with Gasteiger partial charge < -0.3 is 15.1 Å². The third-order valence-electron chi connectivity index (χ3n) is 5.00. The summed E-state index contributed by atoms with van der Waals surface area (Å²) in [6.45, 7) is 0.403. The molecule has 0 spiro atoms. The molecule has 0 aliphatic carbocycles. The topological polar surface area (TPSA) is 84.2 Å². The van der Waals surface area contributed by atoms with Gasteiger partial charge in [-0.2, -0.15) is 0 Å². The van der Waals surface area contributed by atoms with Crippen LogP contribution in [0.4, 0.5) is 5.69 Å². The Hall–Kier alpha value is -3.90. The predicted octanol–water partition coefficient (Wildman–Crippen LogP) is 5.50. The second kappa shape index (κ2) is 10.6. The first-order chi connectivity index (χ1) is 16.1. The van der Waals surface area contributed by atoms with Gasteiger partial charge in [-0.1, -0.05) is 66.2 Å². The zero-order valence-electron chi connectivity index (χ0n) is 17.8. The number of nitrogens with zero attached hydrogens (tertiary/aromatic N) is 1. The molecular weight excluding hydrogens is 438 g/mol. The highest BCUT2D eigenvalue weighted by molar-refractivity contribution is 6.33. The van der Waals surface area contributed by atoms with E-state index in [2.05, 4.69) is 15.6 Å². The Morgan fingerprint density at radius 2 is 1.64 bits per heavy atom. The van der Waals surface area contributed by atoms with Gasteiger partial charge in [0.25, 0.3) is 5.91 Å². The molecule has 0 atom stereocenters. The molecule has 0 bridgehead atoms. The number of amides is 2. The Morgan fingerprint density at radius 3 is 2.45 bits per heavy atom. The van der Waals surface area contributed by atoms with Crippen molar-refractivity contribution in [1.82, 2.24) is 10.3 Å². The van der Waals surface area contributed by atoms with Gasteiger partial charge in [0.15, 0.2) is 11.7 Å². The van der Waals surface area contributed by atoms with Crippen LogP contribution in [-0.4, -0.2) is 16.8 Å². The van der Waals surface area contributed by atoms with Crippen molar-refractivity contribution >= 4 is 29.1 Å². The Balaban J connectivity index is 1.34.